The Morgan fingerprint density at radius 2 is 1.79 bits per heavy atom. The minimum absolute atomic E-state index is 0.182. The van der Waals surface area contributed by atoms with Crippen molar-refractivity contribution >= 4 is 6.15 Å². The first-order valence-electron chi connectivity index (χ1n) is 8.55. The van der Waals surface area contributed by atoms with Crippen molar-refractivity contribution in [2.75, 3.05) is 0 Å². The van der Waals surface area contributed by atoms with Crippen LogP contribution in [0.25, 0.3) is 5.69 Å². The highest BCUT2D eigenvalue weighted by molar-refractivity contribution is 5.50. The van der Waals surface area contributed by atoms with Gasteiger partial charge in [0.1, 0.15) is 11.6 Å². The highest BCUT2D eigenvalue weighted by atomic mass is 19.4. The van der Waals surface area contributed by atoms with Crippen LogP contribution in [0.5, 0.6) is 5.75 Å². The fraction of sp³-hybridized carbons (Fsp3) is 0.474. The highest BCUT2D eigenvalue weighted by Crippen LogP contribution is 2.41. The topological polar surface area (TPSA) is 61.2 Å². The van der Waals surface area contributed by atoms with Crippen LogP contribution >= 0.6 is 0 Å². The first kappa shape index (κ1) is 24.3. The molecule has 0 bridgehead atoms. The Balaban J connectivity index is 0.00000132. The van der Waals surface area contributed by atoms with E-state index in [1.165, 1.54) is 18.2 Å². The zero-order chi connectivity index (χ0) is 22.4. The Bertz CT molecular complexity index is 854. The number of aryl methyl sites for hydroxylation is 2. The summed E-state index contributed by atoms with van der Waals surface area (Å²) in [5, 5.41) is 0. The number of halogens is 5. The van der Waals surface area contributed by atoms with Gasteiger partial charge in [0.05, 0.1) is 16.8 Å². The standard InChI is InChI=1S/C18H21F5N2O.CO2/c1-5-13-10-25(11(2)24-13)14-7-6-12(8-15(14)26-16(19)20)9-17(3,4)18(21,22)23;2-1-3/h6-8,10,16H,5,9H2,1-4H3;. The van der Waals surface area contributed by atoms with Crippen molar-refractivity contribution in [2.24, 2.45) is 5.41 Å². The van der Waals surface area contributed by atoms with Crippen LogP contribution in [0.2, 0.25) is 0 Å². The van der Waals surface area contributed by atoms with E-state index in [1.54, 1.807) is 17.7 Å². The van der Waals surface area contributed by atoms with Crippen LogP contribution in [0.4, 0.5) is 22.0 Å². The molecule has 0 radical (unpaired) electrons. The number of ether oxygens (including phenoxy) is 1. The Hall–Kier alpha value is -2.74. The van der Waals surface area contributed by atoms with Gasteiger partial charge >= 0.3 is 18.9 Å². The minimum atomic E-state index is -4.41. The van der Waals surface area contributed by atoms with Gasteiger partial charge in [0.15, 0.2) is 0 Å². The molecular weight excluding hydrogens is 399 g/mol. The van der Waals surface area contributed by atoms with E-state index >= 15 is 0 Å². The van der Waals surface area contributed by atoms with Crippen molar-refractivity contribution in [1.82, 2.24) is 9.55 Å². The second-order valence-corrected chi connectivity index (χ2v) is 6.83. The number of carbonyl (C=O) groups excluding carboxylic acids is 2. The second kappa shape index (κ2) is 9.65. The number of nitrogens with zero attached hydrogens (tertiary/aromatic N) is 2. The smallest absolute Gasteiger partial charge is 0.394 e. The SMILES string of the molecule is CCc1cn(-c2ccc(CC(C)(C)C(F)(F)F)cc2OC(F)F)c(C)n1.O=C=O. The maximum Gasteiger partial charge on any atom is 0.394 e. The van der Waals surface area contributed by atoms with Crippen LogP contribution in [-0.2, 0) is 22.4 Å². The predicted octanol–water partition coefficient (Wildman–Crippen LogP) is 4.89. The molecule has 0 unspecified atom stereocenters. The van der Waals surface area contributed by atoms with E-state index < -0.39 is 18.2 Å². The van der Waals surface area contributed by atoms with Crippen molar-refractivity contribution in [3.8, 4) is 11.4 Å². The number of hydrogen-bond acceptors (Lipinski definition) is 4. The molecule has 0 atom stereocenters. The van der Waals surface area contributed by atoms with Crippen LogP contribution in [0, 0.1) is 12.3 Å². The van der Waals surface area contributed by atoms with Crippen LogP contribution in [-0.4, -0.2) is 28.5 Å². The van der Waals surface area contributed by atoms with E-state index in [0.29, 0.717) is 17.9 Å². The summed E-state index contributed by atoms with van der Waals surface area (Å²) in [6.07, 6.45) is -2.15. The zero-order valence-corrected chi connectivity index (χ0v) is 16.3. The summed E-state index contributed by atoms with van der Waals surface area (Å²) >= 11 is 0. The molecule has 1 heterocycles. The fourth-order valence-electron chi connectivity index (χ4n) is 2.62. The van der Waals surface area contributed by atoms with Gasteiger partial charge in [-0.05, 0) is 37.5 Å². The maximum absolute atomic E-state index is 13.1. The molecule has 0 aliphatic rings. The molecule has 0 spiro atoms. The predicted molar refractivity (Wildman–Crippen MR) is 92.9 cm³/mol. The average Bonchev–Trinajstić information content (AvgIpc) is 2.95. The molecule has 0 saturated carbocycles. The summed E-state index contributed by atoms with van der Waals surface area (Å²) in [5.74, 6) is 0.392. The van der Waals surface area contributed by atoms with E-state index in [4.69, 9.17) is 9.59 Å². The number of imidazole rings is 1. The van der Waals surface area contributed by atoms with Gasteiger partial charge in [-0.15, -0.1) is 0 Å². The second-order valence-electron chi connectivity index (χ2n) is 6.83. The first-order chi connectivity index (χ1) is 13.4. The molecule has 0 aliphatic carbocycles. The van der Waals surface area contributed by atoms with E-state index in [1.807, 2.05) is 6.92 Å². The van der Waals surface area contributed by atoms with Gasteiger partial charge in [-0.1, -0.05) is 26.8 Å². The molecule has 0 aliphatic heterocycles. The van der Waals surface area contributed by atoms with E-state index in [0.717, 1.165) is 19.5 Å². The molecular formula is C19H21F5N2O3. The molecule has 0 amide bonds. The Morgan fingerprint density at radius 1 is 1.21 bits per heavy atom. The van der Waals surface area contributed by atoms with Gasteiger partial charge in [0.2, 0.25) is 0 Å². The lowest BCUT2D eigenvalue weighted by atomic mass is 9.85. The average molecular weight is 420 g/mol. The molecule has 1 aromatic carbocycles. The molecule has 10 heteroatoms. The molecule has 29 heavy (non-hydrogen) atoms. The summed E-state index contributed by atoms with van der Waals surface area (Å²) in [6, 6.07) is 4.21. The first-order valence-corrected chi connectivity index (χ1v) is 8.55. The number of benzene rings is 1. The molecule has 2 rings (SSSR count). The van der Waals surface area contributed by atoms with Gasteiger partial charge in [-0.25, -0.2) is 4.98 Å². The maximum atomic E-state index is 13.1. The zero-order valence-electron chi connectivity index (χ0n) is 16.3. The monoisotopic (exact) mass is 420 g/mol. The van der Waals surface area contributed by atoms with Gasteiger partial charge < -0.3 is 9.30 Å². The van der Waals surface area contributed by atoms with Crippen LogP contribution in [0.15, 0.2) is 24.4 Å². The summed E-state index contributed by atoms with van der Waals surface area (Å²) in [7, 11) is 0. The molecule has 1 aromatic heterocycles. The quantitative estimate of drug-likeness (QED) is 0.625. The van der Waals surface area contributed by atoms with Gasteiger partial charge in [0, 0.05) is 6.20 Å². The third kappa shape index (κ3) is 6.39. The number of alkyl halides is 5. The fourth-order valence-corrected chi connectivity index (χ4v) is 2.62. The lowest BCUT2D eigenvalue weighted by molar-refractivity contribution is -0.211. The van der Waals surface area contributed by atoms with Crippen LogP contribution in [0.1, 0.15) is 37.9 Å². The Kier molecular flexibility index (Phi) is 8.08. The summed E-state index contributed by atoms with van der Waals surface area (Å²) < 4.78 is 71.1. The molecule has 0 N–H and O–H groups in total. The van der Waals surface area contributed by atoms with Crippen molar-refractivity contribution < 1.29 is 36.3 Å². The molecule has 5 nitrogen and oxygen atoms in total. The van der Waals surface area contributed by atoms with Crippen LogP contribution in [0.3, 0.4) is 0 Å². The van der Waals surface area contributed by atoms with Gasteiger partial charge in [-0.3, -0.25) is 0 Å². The van der Waals surface area contributed by atoms with Gasteiger partial charge in [-0.2, -0.15) is 31.5 Å². The van der Waals surface area contributed by atoms with Gasteiger partial charge in [0.25, 0.3) is 0 Å². The lowest BCUT2D eigenvalue weighted by Gasteiger charge is -2.28. The van der Waals surface area contributed by atoms with Crippen molar-refractivity contribution in [1.29, 1.82) is 0 Å². The van der Waals surface area contributed by atoms with E-state index in [9.17, 15) is 22.0 Å². The largest absolute Gasteiger partial charge is 0.433 e. The Labute approximate surface area is 164 Å². The van der Waals surface area contributed by atoms with Crippen molar-refractivity contribution in [3.05, 3.63) is 41.5 Å². The molecule has 2 aromatic rings. The number of hydrogen-bond donors (Lipinski definition) is 0. The molecule has 160 valence electrons. The summed E-state index contributed by atoms with van der Waals surface area (Å²) in [5.41, 5.74) is -0.645. The van der Waals surface area contributed by atoms with E-state index in [2.05, 4.69) is 9.72 Å². The van der Waals surface area contributed by atoms with Crippen LogP contribution < -0.4 is 4.74 Å². The molecule has 0 saturated heterocycles. The normalized spacial score (nSPS) is 11.7. The number of rotatable bonds is 6. The summed E-state index contributed by atoms with van der Waals surface area (Å²) in [6.45, 7) is 2.68. The third-order valence-corrected chi connectivity index (χ3v) is 4.21. The Morgan fingerprint density at radius 3 is 2.24 bits per heavy atom. The van der Waals surface area contributed by atoms with E-state index in [-0.39, 0.29) is 23.9 Å². The lowest BCUT2D eigenvalue weighted by Crippen LogP contribution is -2.34. The highest BCUT2D eigenvalue weighted by Gasteiger charge is 2.47. The summed E-state index contributed by atoms with van der Waals surface area (Å²) in [4.78, 5) is 20.6. The number of aromatic nitrogens is 2. The van der Waals surface area contributed by atoms with Crippen molar-refractivity contribution in [3.63, 3.8) is 0 Å². The third-order valence-electron chi connectivity index (χ3n) is 4.21. The minimum Gasteiger partial charge on any atom is -0.433 e. The molecule has 0 fully saturated rings. The van der Waals surface area contributed by atoms with Crippen molar-refractivity contribution in [2.45, 2.75) is 53.3 Å².